The van der Waals surface area contributed by atoms with Gasteiger partial charge in [-0.2, -0.15) is 0 Å². The molecule has 0 bridgehead atoms. The molecule has 3 nitrogen and oxygen atoms in total. The third-order valence-electron chi connectivity index (χ3n) is 3.36. The van der Waals surface area contributed by atoms with E-state index in [1.54, 1.807) is 24.3 Å². The number of nitrogens with one attached hydrogen (secondary N) is 1. The molecule has 122 valence electrons. The quantitative estimate of drug-likeness (QED) is 0.850. The van der Waals surface area contributed by atoms with Gasteiger partial charge in [0.1, 0.15) is 11.6 Å². The second kappa shape index (κ2) is 8.04. The van der Waals surface area contributed by atoms with Crippen molar-refractivity contribution in [3.8, 4) is 0 Å². The lowest BCUT2D eigenvalue weighted by Crippen LogP contribution is -2.33. The minimum Gasteiger partial charge on any atom is -0.352 e. The van der Waals surface area contributed by atoms with E-state index in [-0.39, 0.29) is 36.1 Å². The highest BCUT2D eigenvalue weighted by Crippen LogP contribution is 2.16. The number of benzene rings is 2. The standard InChI is InChI=1S/C17H17ClF2N2O/c18-14-7-11(5-6-16(14)20)10-22-17(23)9-13(21)8-12-3-1-2-4-15(12)19/h1-7,13H,8-10,21H2,(H,22,23)/t13-/m1/s1. The fourth-order valence-electron chi connectivity index (χ4n) is 2.18. The van der Waals surface area contributed by atoms with Gasteiger partial charge in [-0.05, 0) is 35.7 Å². The Balaban J connectivity index is 1.82. The largest absolute Gasteiger partial charge is 0.352 e. The van der Waals surface area contributed by atoms with E-state index in [2.05, 4.69) is 5.32 Å². The Labute approximate surface area is 138 Å². The molecule has 0 heterocycles. The van der Waals surface area contributed by atoms with E-state index in [1.165, 1.54) is 18.2 Å². The lowest BCUT2D eigenvalue weighted by Gasteiger charge is -2.12. The van der Waals surface area contributed by atoms with Gasteiger partial charge in [-0.25, -0.2) is 8.78 Å². The van der Waals surface area contributed by atoms with E-state index in [0.717, 1.165) is 0 Å². The van der Waals surface area contributed by atoms with Crippen molar-refractivity contribution in [3.63, 3.8) is 0 Å². The molecule has 1 amide bonds. The van der Waals surface area contributed by atoms with Crippen molar-refractivity contribution in [1.82, 2.24) is 5.32 Å². The highest BCUT2D eigenvalue weighted by Gasteiger charge is 2.12. The number of rotatable bonds is 6. The molecule has 0 aliphatic carbocycles. The third kappa shape index (κ3) is 5.30. The van der Waals surface area contributed by atoms with Crippen molar-refractivity contribution >= 4 is 17.5 Å². The zero-order chi connectivity index (χ0) is 16.8. The molecule has 0 aromatic heterocycles. The summed E-state index contributed by atoms with van der Waals surface area (Å²) in [6.45, 7) is 0.227. The minimum absolute atomic E-state index is 0.00741. The highest BCUT2D eigenvalue weighted by molar-refractivity contribution is 6.30. The van der Waals surface area contributed by atoms with Gasteiger partial charge in [0.15, 0.2) is 0 Å². The predicted octanol–water partition coefficient (Wildman–Crippen LogP) is 3.19. The third-order valence-corrected chi connectivity index (χ3v) is 3.65. The first-order valence-corrected chi connectivity index (χ1v) is 7.53. The van der Waals surface area contributed by atoms with Crippen molar-refractivity contribution in [2.75, 3.05) is 0 Å². The summed E-state index contributed by atoms with van der Waals surface area (Å²) in [4.78, 5) is 11.9. The van der Waals surface area contributed by atoms with Crippen LogP contribution in [0.5, 0.6) is 0 Å². The smallest absolute Gasteiger partial charge is 0.221 e. The van der Waals surface area contributed by atoms with Crippen LogP contribution in [0.4, 0.5) is 8.78 Å². The number of hydrogen-bond donors (Lipinski definition) is 2. The maximum absolute atomic E-state index is 13.5. The monoisotopic (exact) mass is 338 g/mol. The van der Waals surface area contributed by atoms with E-state index >= 15 is 0 Å². The summed E-state index contributed by atoms with van der Waals surface area (Å²) in [6, 6.07) is 10.1. The van der Waals surface area contributed by atoms with Gasteiger partial charge in [0.2, 0.25) is 5.91 Å². The molecule has 2 rings (SSSR count). The van der Waals surface area contributed by atoms with Gasteiger partial charge < -0.3 is 11.1 Å². The Kier molecular flexibility index (Phi) is 6.07. The molecule has 2 aromatic carbocycles. The molecular weight excluding hydrogens is 322 g/mol. The van der Waals surface area contributed by atoms with E-state index in [9.17, 15) is 13.6 Å². The Morgan fingerprint density at radius 1 is 1.17 bits per heavy atom. The van der Waals surface area contributed by atoms with Crippen LogP contribution in [0.2, 0.25) is 5.02 Å². The van der Waals surface area contributed by atoms with Gasteiger partial charge >= 0.3 is 0 Å². The van der Waals surface area contributed by atoms with E-state index in [0.29, 0.717) is 11.1 Å². The van der Waals surface area contributed by atoms with Crippen molar-refractivity contribution in [3.05, 3.63) is 70.2 Å². The molecule has 0 radical (unpaired) electrons. The first-order valence-electron chi connectivity index (χ1n) is 7.15. The number of halogens is 3. The summed E-state index contributed by atoms with van der Waals surface area (Å²) in [5, 5.41) is 2.69. The normalized spacial score (nSPS) is 12.0. The van der Waals surface area contributed by atoms with Gasteiger partial charge in [-0.15, -0.1) is 0 Å². The minimum atomic E-state index is -0.506. The lowest BCUT2D eigenvalue weighted by molar-refractivity contribution is -0.121. The van der Waals surface area contributed by atoms with Gasteiger partial charge in [0.25, 0.3) is 0 Å². The van der Waals surface area contributed by atoms with Crippen LogP contribution in [-0.2, 0) is 17.8 Å². The molecule has 0 saturated heterocycles. The molecule has 3 N–H and O–H groups in total. The lowest BCUT2D eigenvalue weighted by atomic mass is 10.0. The summed E-state index contributed by atoms with van der Waals surface area (Å²) in [5.41, 5.74) is 7.06. The summed E-state index contributed by atoms with van der Waals surface area (Å²) >= 11 is 5.68. The first-order chi connectivity index (χ1) is 11.0. The van der Waals surface area contributed by atoms with Crippen LogP contribution in [0.15, 0.2) is 42.5 Å². The zero-order valence-electron chi connectivity index (χ0n) is 12.4. The maximum atomic E-state index is 13.5. The average Bonchev–Trinajstić information content (AvgIpc) is 2.51. The van der Waals surface area contributed by atoms with Crippen molar-refractivity contribution in [2.45, 2.75) is 25.4 Å². The molecule has 0 spiro atoms. The molecule has 1 atom stereocenters. The Bertz CT molecular complexity index is 694. The number of carbonyl (C=O) groups excluding carboxylic acids is 1. The molecule has 0 aliphatic heterocycles. The molecule has 0 fully saturated rings. The van der Waals surface area contributed by atoms with Crippen LogP contribution in [0.25, 0.3) is 0 Å². The number of hydrogen-bond acceptors (Lipinski definition) is 2. The Hall–Kier alpha value is -1.98. The van der Waals surface area contributed by atoms with E-state index in [4.69, 9.17) is 17.3 Å². The van der Waals surface area contributed by atoms with Gasteiger partial charge in [0.05, 0.1) is 5.02 Å². The van der Waals surface area contributed by atoms with Crippen LogP contribution in [0, 0.1) is 11.6 Å². The second-order valence-corrected chi connectivity index (χ2v) is 5.69. The predicted molar refractivity (Wildman–Crippen MR) is 86.0 cm³/mol. The van der Waals surface area contributed by atoms with E-state index in [1.807, 2.05) is 0 Å². The van der Waals surface area contributed by atoms with Crippen molar-refractivity contribution in [1.29, 1.82) is 0 Å². The molecular formula is C17H17ClF2N2O. The van der Waals surface area contributed by atoms with Gasteiger partial charge in [0, 0.05) is 19.0 Å². The number of amides is 1. The highest BCUT2D eigenvalue weighted by atomic mass is 35.5. The van der Waals surface area contributed by atoms with Crippen molar-refractivity contribution < 1.29 is 13.6 Å². The maximum Gasteiger partial charge on any atom is 0.221 e. The number of nitrogens with two attached hydrogens (primary N) is 1. The van der Waals surface area contributed by atoms with Crippen LogP contribution in [-0.4, -0.2) is 11.9 Å². The van der Waals surface area contributed by atoms with E-state index < -0.39 is 11.9 Å². The summed E-state index contributed by atoms with van der Waals surface area (Å²) in [5.74, 6) is -1.09. The molecule has 0 unspecified atom stereocenters. The first kappa shape index (κ1) is 17.4. The fourth-order valence-corrected chi connectivity index (χ4v) is 2.38. The van der Waals surface area contributed by atoms with Crippen molar-refractivity contribution in [2.24, 2.45) is 5.73 Å². The zero-order valence-corrected chi connectivity index (χ0v) is 13.1. The Morgan fingerprint density at radius 2 is 1.91 bits per heavy atom. The summed E-state index contributed by atoms with van der Waals surface area (Å²) in [6.07, 6.45) is 0.353. The average molecular weight is 339 g/mol. The Morgan fingerprint density at radius 3 is 2.61 bits per heavy atom. The number of carbonyl (C=O) groups is 1. The SMILES string of the molecule is N[C@@H](CC(=O)NCc1ccc(F)c(Cl)c1)Cc1ccccc1F. The van der Waals surface area contributed by atoms with Crippen LogP contribution in [0.1, 0.15) is 17.5 Å². The molecule has 0 aliphatic rings. The summed E-state index contributed by atoms with van der Waals surface area (Å²) < 4.78 is 26.6. The van der Waals surface area contributed by atoms with Crippen LogP contribution >= 0.6 is 11.6 Å². The van der Waals surface area contributed by atoms with Crippen LogP contribution in [0.3, 0.4) is 0 Å². The van der Waals surface area contributed by atoms with Crippen LogP contribution < -0.4 is 11.1 Å². The molecule has 2 aromatic rings. The fraction of sp³-hybridized carbons (Fsp3) is 0.235. The molecule has 0 saturated carbocycles. The van der Waals surface area contributed by atoms with Gasteiger partial charge in [-0.1, -0.05) is 35.9 Å². The summed E-state index contributed by atoms with van der Waals surface area (Å²) in [7, 11) is 0. The molecule has 23 heavy (non-hydrogen) atoms. The topological polar surface area (TPSA) is 55.1 Å². The second-order valence-electron chi connectivity index (χ2n) is 5.28. The van der Waals surface area contributed by atoms with Gasteiger partial charge in [-0.3, -0.25) is 4.79 Å². The molecule has 6 heteroatoms.